The summed E-state index contributed by atoms with van der Waals surface area (Å²) >= 11 is 0. The van der Waals surface area contributed by atoms with Crippen LogP contribution >= 0.6 is 0 Å². The van der Waals surface area contributed by atoms with Gasteiger partial charge in [-0.05, 0) is 55.7 Å². The maximum absolute atomic E-state index is 13.1. The van der Waals surface area contributed by atoms with E-state index >= 15 is 0 Å². The van der Waals surface area contributed by atoms with E-state index in [4.69, 9.17) is 4.74 Å². The molecule has 0 saturated heterocycles. The highest BCUT2D eigenvalue weighted by atomic mass is 16.5. The fourth-order valence-electron chi connectivity index (χ4n) is 3.13. The Hall–Kier alpha value is -2.95. The van der Waals surface area contributed by atoms with Crippen molar-refractivity contribution in [3.63, 3.8) is 0 Å². The molecule has 0 N–H and O–H groups in total. The van der Waals surface area contributed by atoms with Gasteiger partial charge in [0, 0.05) is 17.8 Å². The number of imide groups is 1. The monoisotopic (exact) mass is 348 g/mol. The zero-order valence-electron chi connectivity index (χ0n) is 14.6. The second-order valence-electron chi connectivity index (χ2n) is 6.50. The molecule has 2 amide bonds. The number of hydrogen-bond donors (Lipinski definition) is 0. The summed E-state index contributed by atoms with van der Waals surface area (Å²) in [5, 5.41) is 0. The summed E-state index contributed by atoms with van der Waals surface area (Å²) in [6, 6.07) is 14.6. The summed E-state index contributed by atoms with van der Waals surface area (Å²) in [6.07, 6.45) is 3.86. The average Bonchev–Trinajstić information content (AvgIpc) is 3.48. The van der Waals surface area contributed by atoms with E-state index in [-0.39, 0.29) is 11.8 Å². The van der Waals surface area contributed by atoms with Crippen LogP contribution in [0.25, 0.3) is 0 Å². The molecule has 5 nitrogen and oxygen atoms in total. The minimum absolute atomic E-state index is 0.262. The number of aliphatic imine (C=N–C) groups is 1. The van der Waals surface area contributed by atoms with E-state index in [1.165, 1.54) is 4.90 Å². The van der Waals surface area contributed by atoms with Crippen LogP contribution < -0.4 is 9.64 Å². The van der Waals surface area contributed by atoms with Gasteiger partial charge in [0.1, 0.15) is 5.75 Å². The minimum atomic E-state index is -0.531. The predicted molar refractivity (Wildman–Crippen MR) is 100 cm³/mol. The molecular weight excluding hydrogens is 328 g/mol. The molecule has 0 spiro atoms. The van der Waals surface area contributed by atoms with Crippen molar-refractivity contribution in [2.45, 2.75) is 31.7 Å². The SMILES string of the molecule is CCOc1ccc(N2C(=O)c3ccccc3[C@@H](C=NC3CC3)C2=O)cc1. The second kappa shape index (κ2) is 6.75. The van der Waals surface area contributed by atoms with Gasteiger partial charge in [0.05, 0.1) is 18.2 Å². The number of anilines is 1. The van der Waals surface area contributed by atoms with Gasteiger partial charge >= 0.3 is 0 Å². The van der Waals surface area contributed by atoms with Crippen LogP contribution in [0.1, 0.15) is 41.6 Å². The molecule has 26 heavy (non-hydrogen) atoms. The molecule has 1 aliphatic carbocycles. The van der Waals surface area contributed by atoms with Crippen LogP contribution in [0.4, 0.5) is 5.69 Å². The molecular formula is C21H20N2O3. The molecule has 1 atom stereocenters. The van der Waals surface area contributed by atoms with E-state index in [9.17, 15) is 9.59 Å². The first kappa shape index (κ1) is 16.5. The first-order valence-corrected chi connectivity index (χ1v) is 8.92. The lowest BCUT2D eigenvalue weighted by Crippen LogP contribution is -2.45. The largest absolute Gasteiger partial charge is 0.494 e. The van der Waals surface area contributed by atoms with E-state index in [1.54, 1.807) is 36.5 Å². The lowest BCUT2D eigenvalue weighted by atomic mass is 9.89. The highest BCUT2D eigenvalue weighted by molar-refractivity contribution is 6.29. The standard InChI is InChI=1S/C21H20N2O3/c1-2-26-16-11-9-15(10-12-16)23-20(24)18-6-4-3-5-17(18)19(21(23)25)13-22-14-7-8-14/h3-6,9-14,19H,2,7-8H2,1H3/t19-/m1/s1. The van der Waals surface area contributed by atoms with Crippen molar-refractivity contribution in [3.05, 3.63) is 59.7 Å². The number of carbonyl (C=O) groups is 2. The van der Waals surface area contributed by atoms with Crippen LogP contribution in [-0.2, 0) is 4.79 Å². The maximum atomic E-state index is 13.1. The molecule has 0 unspecified atom stereocenters. The number of amides is 2. The Morgan fingerprint density at radius 1 is 1.12 bits per heavy atom. The van der Waals surface area contributed by atoms with Crippen molar-refractivity contribution < 1.29 is 14.3 Å². The van der Waals surface area contributed by atoms with Gasteiger partial charge in [-0.1, -0.05) is 18.2 Å². The summed E-state index contributed by atoms with van der Waals surface area (Å²) < 4.78 is 5.44. The van der Waals surface area contributed by atoms with Crippen LogP contribution in [0, 0.1) is 0 Å². The fraction of sp³-hybridized carbons (Fsp3) is 0.286. The normalized spacial score (nSPS) is 19.7. The Kier molecular flexibility index (Phi) is 4.29. The van der Waals surface area contributed by atoms with E-state index < -0.39 is 5.92 Å². The molecule has 1 heterocycles. The molecule has 132 valence electrons. The number of hydrogen-bond acceptors (Lipinski definition) is 4. The fourth-order valence-corrected chi connectivity index (χ4v) is 3.13. The molecule has 0 aromatic heterocycles. The summed E-state index contributed by atoms with van der Waals surface area (Å²) in [5.74, 6) is -0.385. The highest BCUT2D eigenvalue weighted by Crippen LogP contribution is 2.33. The Morgan fingerprint density at radius 3 is 2.54 bits per heavy atom. The quantitative estimate of drug-likeness (QED) is 0.613. The third kappa shape index (κ3) is 3.01. The van der Waals surface area contributed by atoms with E-state index in [0.29, 0.717) is 29.6 Å². The zero-order valence-corrected chi connectivity index (χ0v) is 14.6. The third-order valence-electron chi connectivity index (χ3n) is 4.61. The number of ether oxygens (including phenoxy) is 1. The lowest BCUT2D eigenvalue weighted by molar-refractivity contribution is -0.118. The van der Waals surface area contributed by atoms with Gasteiger partial charge in [-0.3, -0.25) is 14.6 Å². The molecule has 1 aliphatic heterocycles. The summed E-state index contributed by atoms with van der Waals surface area (Å²) in [7, 11) is 0. The molecule has 0 bridgehead atoms. The van der Waals surface area contributed by atoms with Crippen molar-refractivity contribution in [2.24, 2.45) is 4.99 Å². The Morgan fingerprint density at radius 2 is 1.85 bits per heavy atom. The predicted octanol–water partition coefficient (Wildman–Crippen LogP) is 3.59. The first-order chi connectivity index (χ1) is 12.7. The number of rotatable bonds is 5. The van der Waals surface area contributed by atoms with Gasteiger partial charge in [-0.25, -0.2) is 4.90 Å². The molecule has 5 heteroatoms. The molecule has 2 aliphatic rings. The van der Waals surface area contributed by atoms with E-state index in [0.717, 1.165) is 18.4 Å². The van der Waals surface area contributed by atoms with Crippen molar-refractivity contribution in [1.82, 2.24) is 0 Å². The highest BCUT2D eigenvalue weighted by Gasteiger charge is 2.39. The van der Waals surface area contributed by atoms with Crippen molar-refractivity contribution in [1.29, 1.82) is 0 Å². The smallest absolute Gasteiger partial charge is 0.265 e. The average molecular weight is 348 g/mol. The van der Waals surface area contributed by atoms with Crippen LogP contribution in [0.3, 0.4) is 0 Å². The third-order valence-corrected chi connectivity index (χ3v) is 4.61. The van der Waals surface area contributed by atoms with Gasteiger partial charge in [0.15, 0.2) is 0 Å². The van der Waals surface area contributed by atoms with Crippen LogP contribution in [-0.4, -0.2) is 30.7 Å². The number of fused-ring (bicyclic) bond motifs is 1. The van der Waals surface area contributed by atoms with E-state index in [1.807, 2.05) is 25.1 Å². The van der Waals surface area contributed by atoms with Crippen molar-refractivity contribution >= 4 is 23.7 Å². The van der Waals surface area contributed by atoms with Crippen LogP contribution in [0.2, 0.25) is 0 Å². The second-order valence-corrected chi connectivity index (χ2v) is 6.50. The van der Waals surface area contributed by atoms with Gasteiger partial charge < -0.3 is 4.74 Å². The Balaban J connectivity index is 1.73. The number of benzene rings is 2. The maximum Gasteiger partial charge on any atom is 0.265 e. The Bertz CT molecular complexity index is 869. The summed E-state index contributed by atoms with van der Waals surface area (Å²) in [4.78, 5) is 31.8. The molecule has 2 aromatic rings. The topological polar surface area (TPSA) is 59.0 Å². The minimum Gasteiger partial charge on any atom is -0.494 e. The van der Waals surface area contributed by atoms with Gasteiger partial charge in [0.2, 0.25) is 5.91 Å². The van der Waals surface area contributed by atoms with Crippen LogP contribution in [0.15, 0.2) is 53.5 Å². The zero-order chi connectivity index (χ0) is 18.1. The number of carbonyl (C=O) groups excluding carboxylic acids is 2. The Labute approximate surface area is 152 Å². The van der Waals surface area contributed by atoms with Crippen LogP contribution in [0.5, 0.6) is 5.75 Å². The molecule has 4 rings (SSSR count). The van der Waals surface area contributed by atoms with Gasteiger partial charge in [0.25, 0.3) is 5.91 Å². The molecule has 1 fully saturated rings. The van der Waals surface area contributed by atoms with Crippen molar-refractivity contribution in [3.8, 4) is 5.75 Å². The summed E-state index contributed by atoms with van der Waals surface area (Å²) in [6.45, 7) is 2.47. The number of nitrogens with zero attached hydrogens (tertiary/aromatic N) is 2. The van der Waals surface area contributed by atoms with E-state index in [2.05, 4.69) is 4.99 Å². The lowest BCUT2D eigenvalue weighted by Gasteiger charge is -2.31. The van der Waals surface area contributed by atoms with Gasteiger partial charge in [-0.15, -0.1) is 0 Å². The molecule has 1 saturated carbocycles. The summed E-state index contributed by atoms with van der Waals surface area (Å²) in [5.41, 5.74) is 1.82. The van der Waals surface area contributed by atoms with Crippen molar-refractivity contribution in [2.75, 3.05) is 11.5 Å². The molecule has 2 aromatic carbocycles. The van der Waals surface area contributed by atoms with Gasteiger partial charge in [-0.2, -0.15) is 0 Å². The molecule has 0 radical (unpaired) electrons. The first-order valence-electron chi connectivity index (χ1n) is 8.92.